The Morgan fingerprint density at radius 3 is 2.65 bits per heavy atom. The molecule has 1 aromatic heterocycles. The summed E-state index contributed by atoms with van der Waals surface area (Å²) in [6.45, 7) is 1.95. The fourth-order valence-electron chi connectivity index (χ4n) is 1.53. The first-order valence-electron chi connectivity index (χ1n) is 5.06. The van der Waals surface area contributed by atoms with Crippen LogP contribution in [-0.2, 0) is 0 Å². The first-order valence-corrected chi connectivity index (χ1v) is 6.73. The molecule has 0 bridgehead atoms. The summed E-state index contributed by atoms with van der Waals surface area (Å²) in [6.07, 6.45) is 0. The summed E-state index contributed by atoms with van der Waals surface area (Å²) in [5.74, 6) is 0.781. The van der Waals surface area contributed by atoms with E-state index in [0.29, 0.717) is 5.56 Å². The van der Waals surface area contributed by atoms with E-state index in [-0.39, 0.29) is 5.78 Å². The first-order chi connectivity index (χ1) is 8.13. The molecule has 2 aromatic rings. The maximum absolute atomic E-state index is 12.3. The molecule has 17 heavy (non-hydrogen) atoms. The second kappa shape index (κ2) is 5.02. The zero-order valence-corrected chi connectivity index (χ0v) is 11.9. The quantitative estimate of drug-likeness (QED) is 0.799. The number of carbonyl (C=O) groups excluding carboxylic acids is 1. The summed E-state index contributed by atoms with van der Waals surface area (Å²) in [6, 6.07) is 7.33. The first kappa shape index (κ1) is 12.3. The highest BCUT2D eigenvalue weighted by molar-refractivity contribution is 9.10. The minimum atomic E-state index is 0.0482. The SMILES string of the molecule is COc1ccc(C(=O)c2sccc2C)c(Br)c1. The summed E-state index contributed by atoms with van der Waals surface area (Å²) >= 11 is 4.87. The number of benzene rings is 1. The summed E-state index contributed by atoms with van der Waals surface area (Å²) in [5.41, 5.74) is 1.68. The molecule has 0 aliphatic rings. The molecule has 0 amide bonds. The zero-order valence-electron chi connectivity index (χ0n) is 9.49. The van der Waals surface area contributed by atoms with Gasteiger partial charge in [-0.15, -0.1) is 11.3 Å². The van der Waals surface area contributed by atoms with Crippen molar-refractivity contribution in [3.05, 3.63) is 50.1 Å². The number of ketones is 1. The van der Waals surface area contributed by atoms with E-state index in [0.717, 1.165) is 20.7 Å². The van der Waals surface area contributed by atoms with Crippen LogP contribution < -0.4 is 4.74 Å². The highest BCUT2D eigenvalue weighted by Crippen LogP contribution is 2.27. The van der Waals surface area contributed by atoms with Gasteiger partial charge < -0.3 is 4.74 Å². The van der Waals surface area contributed by atoms with Crippen molar-refractivity contribution in [1.82, 2.24) is 0 Å². The van der Waals surface area contributed by atoms with E-state index >= 15 is 0 Å². The van der Waals surface area contributed by atoms with Crippen LogP contribution in [-0.4, -0.2) is 12.9 Å². The Bertz CT molecular complexity index is 560. The Kier molecular flexibility index (Phi) is 3.64. The van der Waals surface area contributed by atoms with Gasteiger partial charge in [-0.05, 0) is 58.1 Å². The van der Waals surface area contributed by atoms with Crippen molar-refractivity contribution in [2.75, 3.05) is 7.11 Å². The van der Waals surface area contributed by atoms with Crippen molar-refractivity contribution in [1.29, 1.82) is 0 Å². The topological polar surface area (TPSA) is 26.3 Å². The molecule has 1 heterocycles. The third-order valence-electron chi connectivity index (χ3n) is 2.49. The van der Waals surface area contributed by atoms with Gasteiger partial charge in [0.1, 0.15) is 5.75 Å². The number of ether oxygens (including phenoxy) is 1. The fraction of sp³-hybridized carbons (Fsp3) is 0.154. The largest absolute Gasteiger partial charge is 0.497 e. The molecule has 2 rings (SSSR count). The van der Waals surface area contributed by atoms with Crippen LogP contribution in [0.15, 0.2) is 34.1 Å². The number of halogens is 1. The third kappa shape index (κ3) is 2.42. The molecule has 0 fully saturated rings. The van der Waals surface area contributed by atoms with Crippen LogP contribution in [0.5, 0.6) is 5.75 Å². The van der Waals surface area contributed by atoms with Crippen molar-refractivity contribution in [3.63, 3.8) is 0 Å². The van der Waals surface area contributed by atoms with E-state index in [1.807, 2.05) is 18.4 Å². The monoisotopic (exact) mass is 310 g/mol. The lowest BCUT2D eigenvalue weighted by molar-refractivity contribution is 0.104. The lowest BCUT2D eigenvalue weighted by Crippen LogP contribution is -2.01. The maximum atomic E-state index is 12.3. The lowest BCUT2D eigenvalue weighted by atomic mass is 10.1. The Morgan fingerprint density at radius 2 is 2.12 bits per heavy atom. The Morgan fingerprint density at radius 1 is 1.35 bits per heavy atom. The Hall–Kier alpha value is -1.13. The normalized spacial score (nSPS) is 10.3. The van der Waals surface area contributed by atoms with Crippen LogP contribution in [0.1, 0.15) is 20.8 Å². The lowest BCUT2D eigenvalue weighted by Gasteiger charge is -2.05. The third-order valence-corrected chi connectivity index (χ3v) is 4.16. The molecule has 0 atom stereocenters. The van der Waals surface area contributed by atoms with Crippen LogP contribution >= 0.6 is 27.3 Å². The van der Waals surface area contributed by atoms with Gasteiger partial charge in [0.25, 0.3) is 0 Å². The van der Waals surface area contributed by atoms with Crippen molar-refractivity contribution in [2.45, 2.75) is 6.92 Å². The van der Waals surface area contributed by atoms with Crippen molar-refractivity contribution in [3.8, 4) is 5.75 Å². The summed E-state index contributed by atoms with van der Waals surface area (Å²) in [5, 5.41) is 1.93. The van der Waals surface area contributed by atoms with Gasteiger partial charge in [-0.3, -0.25) is 4.79 Å². The fourth-order valence-corrected chi connectivity index (χ4v) is 2.95. The van der Waals surface area contributed by atoms with Gasteiger partial charge in [-0.2, -0.15) is 0 Å². The van der Waals surface area contributed by atoms with Gasteiger partial charge in [-0.25, -0.2) is 0 Å². The van der Waals surface area contributed by atoms with Crippen LogP contribution in [0.25, 0.3) is 0 Å². The molecule has 0 radical (unpaired) electrons. The zero-order chi connectivity index (χ0) is 12.4. The average molecular weight is 311 g/mol. The molecule has 2 nitrogen and oxygen atoms in total. The van der Waals surface area contributed by atoms with Gasteiger partial charge in [-0.1, -0.05) is 0 Å². The predicted octanol–water partition coefficient (Wildman–Crippen LogP) is 4.06. The molecule has 0 saturated heterocycles. The van der Waals surface area contributed by atoms with E-state index in [1.54, 1.807) is 25.3 Å². The maximum Gasteiger partial charge on any atom is 0.204 e. The van der Waals surface area contributed by atoms with Gasteiger partial charge in [0.15, 0.2) is 0 Å². The molecule has 0 unspecified atom stereocenters. The van der Waals surface area contributed by atoms with Crippen molar-refractivity contribution >= 4 is 33.0 Å². The molecule has 0 aliphatic heterocycles. The number of hydrogen-bond acceptors (Lipinski definition) is 3. The molecule has 0 saturated carbocycles. The van der Waals surface area contributed by atoms with Crippen LogP contribution in [0, 0.1) is 6.92 Å². The molecule has 0 spiro atoms. The van der Waals surface area contributed by atoms with E-state index in [2.05, 4.69) is 15.9 Å². The number of methoxy groups -OCH3 is 1. The molecule has 0 aliphatic carbocycles. The number of aryl methyl sites for hydroxylation is 1. The molecule has 0 N–H and O–H groups in total. The van der Waals surface area contributed by atoms with E-state index < -0.39 is 0 Å². The average Bonchev–Trinajstić information content (AvgIpc) is 2.74. The van der Waals surface area contributed by atoms with Crippen molar-refractivity contribution in [2.24, 2.45) is 0 Å². The Labute approximate surface area is 112 Å². The standard InChI is InChI=1S/C13H11BrO2S/c1-8-5-6-17-13(8)12(15)10-4-3-9(16-2)7-11(10)14/h3-7H,1-2H3. The van der Waals surface area contributed by atoms with Gasteiger partial charge >= 0.3 is 0 Å². The molecule has 1 aromatic carbocycles. The van der Waals surface area contributed by atoms with E-state index in [1.165, 1.54) is 11.3 Å². The molecular weight excluding hydrogens is 300 g/mol. The van der Waals surface area contributed by atoms with E-state index in [4.69, 9.17) is 4.74 Å². The second-order valence-corrected chi connectivity index (χ2v) is 5.38. The number of carbonyl (C=O) groups is 1. The van der Waals surface area contributed by atoms with Crippen molar-refractivity contribution < 1.29 is 9.53 Å². The van der Waals surface area contributed by atoms with Gasteiger partial charge in [0.05, 0.1) is 12.0 Å². The highest BCUT2D eigenvalue weighted by atomic mass is 79.9. The Balaban J connectivity index is 2.41. The van der Waals surface area contributed by atoms with Crippen LogP contribution in [0.3, 0.4) is 0 Å². The summed E-state index contributed by atoms with van der Waals surface area (Å²) in [4.78, 5) is 13.1. The van der Waals surface area contributed by atoms with Gasteiger partial charge in [0, 0.05) is 10.0 Å². The smallest absolute Gasteiger partial charge is 0.204 e. The minimum Gasteiger partial charge on any atom is -0.497 e. The molecular formula is C13H11BrO2S. The molecule has 4 heteroatoms. The second-order valence-electron chi connectivity index (χ2n) is 3.61. The number of hydrogen-bond donors (Lipinski definition) is 0. The summed E-state index contributed by atoms with van der Waals surface area (Å²) < 4.78 is 5.86. The highest BCUT2D eigenvalue weighted by Gasteiger charge is 2.16. The minimum absolute atomic E-state index is 0.0482. The van der Waals surface area contributed by atoms with Crippen LogP contribution in [0.4, 0.5) is 0 Å². The predicted molar refractivity (Wildman–Crippen MR) is 73.2 cm³/mol. The number of thiophene rings is 1. The molecule has 88 valence electrons. The van der Waals surface area contributed by atoms with Gasteiger partial charge in [0.2, 0.25) is 5.78 Å². The number of rotatable bonds is 3. The van der Waals surface area contributed by atoms with E-state index in [9.17, 15) is 4.79 Å². The van der Waals surface area contributed by atoms with Crippen LogP contribution in [0.2, 0.25) is 0 Å². The summed E-state index contributed by atoms with van der Waals surface area (Å²) in [7, 11) is 1.60.